The van der Waals surface area contributed by atoms with Crippen LogP contribution in [0, 0.1) is 6.92 Å². The van der Waals surface area contributed by atoms with Crippen LogP contribution in [0.2, 0.25) is 0 Å². The zero-order chi connectivity index (χ0) is 14.5. The number of hydrazine groups is 1. The number of hydrogen-bond acceptors (Lipinski definition) is 5. The van der Waals surface area contributed by atoms with Gasteiger partial charge in [-0.1, -0.05) is 6.92 Å². The Kier molecular flexibility index (Phi) is 5.49. The molecule has 0 spiro atoms. The summed E-state index contributed by atoms with van der Waals surface area (Å²) < 4.78 is 40.2. The summed E-state index contributed by atoms with van der Waals surface area (Å²) in [7, 11) is 0. The molecule has 1 heterocycles. The largest absolute Gasteiger partial charge is 0.411 e. The standard InChI is InChI=1S/C11H17F3N4O/c1-3-8-7(2)16-9(17-10(8)18-15)4-5-19-6-11(12,13)14/h3-6,15H2,1-2H3,(H,16,17,18). The third kappa shape index (κ3) is 4.99. The Labute approximate surface area is 109 Å². The van der Waals surface area contributed by atoms with Crippen molar-refractivity contribution < 1.29 is 17.9 Å². The van der Waals surface area contributed by atoms with Gasteiger partial charge in [0.05, 0.1) is 6.61 Å². The van der Waals surface area contributed by atoms with E-state index >= 15 is 0 Å². The molecule has 3 N–H and O–H groups in total. The van der Waals surface area contributed by atoms with Gasteiger partial charge in [0.15, 0.2) is 0 Å². The quantitative estimate of drug-likeness (QED) is 0.471. The molecular formula is C11H17F3N4O. The second kappa shape index (κ2) is 6.67. The van der Waals surface area contributed by atoms with Gasteiger partial charge >= 0.3 is 6.18 Å². The second-order valence-corrected chi connectivity index (χ2v) is 3.97. The molecule has 0 aliphatic heterocycles. The molecule has 0 aromatic carbocycles. The minimum atomic E-state index is -4.31. The van der Waals surface area contributed by atoms with Gasteiger partial charge in [0.1, 0.15) is 18.2 Å². The molecule has 8 heteroatoms. The van der Waals surface area contributed by atoms with Gasteiger partial charge in [-0.2, -0.15) is 13.2 Å². The van der Waals surface area contributed by atoms with Crippen molar-refractivity contribution in [2.24, 2.45) is 5.84 Å². The van der Waals surface area contributed by atoms with Crippen molar-refractivity contribution >= 4 is 5.82 Å². The number of halogens is 3. The van der Waals surface area contributed by atoms with E-state index in [2.05, 4.69) is 20.1 Å². The van der Waals surface area contributed by atoms with Crippen LogP contribution < -0.4 is 11.3 Å². The van der Waals surface area contributed by atoms with E-state index in [1.165, 1.54) is 0 Å². The number of nitrogens with one attached hydrogen (secondary N) is 1. The fraction of sp³-hybridized carbons (Fsp3) is 0.636. The first-order valence-corrected chi connectivity index (χ1v) is 5.85. The van der Waals surface area contributed by atoms with E-state index in [1.54, 1.807) is 6.92 Å². The fourth-order valence-electron chi connectivity index (χ4n) is 1.66. The highest BCUT2D eigenvalue weighted by Gasteiger charge is 2.27. The Hall–Kier alpha value is -1.41. The van der Waals surface area contributed by atoms with E-state index in [-0.39, 0.29) is 13.0 Å². The molecule has 108 valence electrons. The van der Waals surface area contributed by atoms with E-state index < -0.39 is 12.8 Å². The van der Waals surface area contributed by atoms with Crippen molar-refractivity contribution in [3.05, 3.63) is 17.1 Å². The summed E-state index contributed by atoms with van der Waals surface area (Å²) in [5, 5.41) is 0. The average molecular weight is 278 g/mol. The minimum absolute atomic E-state index is 0.0889. The van der Waals surface area contributed by atoms with Crippen molar-refractivity contribution in [2.45, 2.75) is 32.9 Å². The SMILES string of the molecule is CCc1c(C)nc(CCOCC(F)(F)F)nc1NN. The fourth-order valence-corrected chi connectivity index (χ4v) is 1.66. The lowest BCUT2D eigenvalue weighted by atomic mass is 10.1. The first-order chi connectivity index (χ1) is 8.87. The Morgan fingerprint density at radius 3 is 2.53 bits per heavy atom. The number of alkyl halides is 3. The summed E-state index contributed by atoms with van der Waals surface area (Å²) in [5.74, 6) is 6.26. The molecule has 0 saturated heterocycles. The Morgan fingerprint density at radius 2 is 2.00 bits per heavy atom. The summed E-state index contributed by atoms with van der Waals surface area (Å²) in [4.78, 5) is 8.37. The predicted molar refractivity (Wildman–Crippen MR) is 64.5 cm³/mol. The van der Waals surface area contributed by atoms with Crippen molar-refractivity contribution in [1.82, 2.24) is 9.97 Å². The van der Waals surface area contributed by atoms with Crippen LogP contribution in [0.15, 0.2) is 0 Å². The van der Waals surface area contributed by atoms with Crippen LogP contribution in [0.1, 0.15) is 24.0 Å². The molecule has 0 radical (unpaired) electrons. The van der Waals surface area contributed by atoms with Gasteiger partial charge in [0.25, 0.3) is 0 Å². The van der Waals surface area contributed by atoms with Gasteiger partial charge in [-0.15, -0.1) is 0 Å². The number of ether oxygens (including phenoxy) is 1. The number of aryl methyl sites for hydroxylation is 1. The van der Waals surface area contributed by atoms with E-state index in [0.29, 0.717) is 11.6 Å². The highest BCUT2D eigenvalue weighted by atomic mass is 19.4. The van der Waals surface area contributed by atoms with E-state index in [0.717, 1.165) is 17.7 Å². The Morgan fingerprint density at radius 1 is 1.32 bits per heavy atom. The maximum absolute atomic E-state index is 11.9. The Balaban J connectivity index is 2.62. The lowest BCUT2D eigenvalue weighted by molar-refractivity contribution is -0.173. The number of nitrogens with two attached hydrogens (primary N) is 1. The van der Waals surface area contributed by atoms with Gasteiger partial charge in [0.2, 0.25) is 0 Å². The van der Waals surface area contributed by atoms with E-state index in [1.807, 2.05) is 6.92 Å². The van der Waals surface area contributed by atoms with Crippen LogP contribution in [0.5, 0.6) is 0 Å². The summed E-state index contributed by atoms with van der Waals surface area (Å²) in [6.07, 6.45) is -3.39. The maximum Gasteiger partial charge on any atom is 0.411 e. The van der Waals surface area contributed by atoms with Crippen LogP contribution in [0.3, 0.4) is 0 Å². The number of aromatic nitrogens is 2. The lowest BCUT2D eigenvalue weighted by Gasteiger charge is -2.11. The zero-order valence-corrected chi connectivity index (χ0v) is 10.8. The molecular weight excluding hydrogens is 261 g/mol. The van der Waals surface area contributed by atoms with Crippen LogP contribution >= 0.6 is 0 Å². The molecule has 0 bridgehead atoms. The zero-order valence-electron chi connectivity index (χ0n) is 10.8. The topological polar surface area (TPSA) is 73.1 Å². The summed E-state index contributed by atoms with van der Waals surface area (Å²) in [6, 6.07) is 0. The van der Waals surface area contributed by atoms with Crippen molar-refractivity contribution in [3.63, 3.8) is 0 Å². The van der Waals surface area contributed by atoms with Crippen LogP contribution in [-0.2, 0) is 17.6 Å². The maximum atomic E-state index is 11.9. The summed E-state index contributed by atoms with van der Waals surface area (Å²) >= 11 is 0. The number of nitrogen functional groups attached to an aromatic ring is 1. The van der Waals surface area contributed by atoms with E-state index in [4.69, 9.17) is 5.84 Å². The molecule has 19 heavy (non-hydrogen) atoms. The first-order valence-electron chi connectivity index (χ1n) is 5.85. The highest BCUT2D eigenvalue weighted by Crippen LogP contribution is 2.17. The molecule has 1 aromatic heterocycles. The number of rotatable bonds is 6. The molecule has 0 saturated carbocycles. The summed E-state index contributed by atoms with van der Waals surface area (Å²) in [5.41, 5.74) is 4.12. The normalized spacial score (nSPS) is 11.7. The second-order valence-electron chi connectivity index (χ2n) is 3.97. The smallest absolute Gasteiger partial charge is 0.372 e. The van der Waals surface area contributed by atoms with Crippen molar-refractivity contribution in [1.29, 1.82) is 0 Å². The minimum Gasteiger partial charge on any atom is -0.372 e. The number of anilines is 1. The molecule has 0 aliphatic carbocycles. The molecule has 1 aromatic rings. The van der Waals surface area contributed by atoms with Gasteiger partial charge < -0.3 is 10.2 Å². The van der Waals surface area contributed by atoms with Gasteiger partial charge in [0, 0.05) is 17.7 Å². The molecule has 0 fully saturated rings. The molecule has 1 rings (SSSR count). The molecule has 5 nitrogen and oxygen atoms in total. The first kappa shape index (κ1) is 15.6. The van der Waals surface area contributed by atoms with Gasteiger partial charge in [-0.25, -0.2) is 15.8 Å². The summed E-state index contributed by atoms with van der Waals surface area (Å²) in [6.45, 7) is 2.40. The number of hydrogen-bond donors (Lipinski definition) is 2. The van der Waals surface area contributed by atoms with Crippen molar-refractivity contribution in [2.75, 3.05) is 18.6 Å². The van der Waals surface area contributed by atoms with Crippen molar-refractivity contribution in [3.8, 4) is 0 Å². The predicted octanol–water partition coefficient (Wildman–Crippen LogP) is 1.75. The van der Waals surface area contributed by atoms with Crippen LogP contribution in [0.25, 0.3) is 0 Å². The van der Waals surface area contributed by atoms with E-state index in [9.17, 15) is 13.2 Å². The Bertz CT molecular complexity index is 423. The molecule has 0 atom stereocenters. The van der Waals surface area contributed by atoms with Crippen LogP contribution in [-0.4, -0.2) is 29.4 Å². The molecule has 0 aliphatic rings. The third-order valence-corrected chi connectivity index (χ3v) is 2.49. The van der Waals surface area contributed by atoms with Gasteiger partial charge in [-0.05, 0) is 13.3 Å². The monoisotopic (exact) mass is 278 g/mol. The number of nitrogens with zero attached hydrogens (tertiary/aromatic N) is 2. The molecule has 0 amide bonds. The van der Waals surface area contributed by atoms with Gasteiger partial charge in [-0.3, -0.25) is 0 Å². The lowest BCUT2D eigenvalue weighted by Crippen LogP contribution is -2.19. The van der Waals surface area contributed by atoms with Crippen LogP contribution in [0.4, 0.5) is 19.0 Å². The highest BCUT2D eigenvalue weighted by molar-refractivity contribution is 5.45. The average Bonchev–Trinajstić information content (AvgIpc) is 2.32. The molecule has 0 unspecified atom stereocenters. The third-order valence-electron chi connectivity index (χ3n) is 2.49.